The number of aryl methyl sites for hydroxylation is 1. The van der Waals surface area contributed by atoms with Gasteiger partial charge in [0, 0.05) is 32.3 Å². The third-order valence-electron chi connectivity index (χ3n) is 6.33. The number of benzene rings is 2. The first-order chi connectivity index (χ1) is 19.2. The zero-order valence-corrected chi connectivity index (χ0v) is 23.7. The summed E-state index contributed by atoms with van der Waals surface area (Å²) in [7, 11) is 8.82. The number of nitrogen functional groups attached to an aromatic ring is 1. The number of fused-ring (bicyclic) bond motifs is 1. The molecule has 2 aromatic carbocycles. The zero-order chi connectivity index (χ0) is 28.8. The Hall–Kier alpha value is -4.48. The van der Waals surface area contributed by atoms with Crippen LogP contribution in [0, 0.1) is 6.92 Å². The van der Waals surface area contributed by atoms with Gasteiger partial charge in [-0.25, -0.2) is 14.6 Å². The molecule has 0 saturated carbocycles. The van der Waals surface area contributed by atoms with Gasteiger partial charge in [0.15, 0.2) is 5.65 Å². The van der Waals surface area contributed by atoms with E-state index >= 15 is 0 Å². The fourth-order valence-corrected chi connectivity index (χ4v) is 4.18. The van der Waals surface area contributed by atoms with E-state index in [1.54, 1.807) is 43.0 Å². The van der Waals surface area contributed by atoms with E-state index < -0.39 is 0 Å². The molecule has 0 unspecified atom stereocenters. The van der Waals surface area contributed by atoms with Crippen molar-refractivity contribution in [2.45, 2.75) is 6.92 Å². The maximum absolute atomic E-state index is 13.1. The van der Waals surface area contributed by atoms with Gasteiger partial charge in [0.25, 0.3) is 5.91 Å². The molecule has 2 aromatic heterocycles. The van der Waals surface area contributed by atoms with Crippen molar-refractivity contribution in [3.63, 3.8) is 0 Å². The number of nitrogens with zero attached hydrogens (tertiary/aromatic N) is 6. The Morgan fingerprint density at radius 3 is 2.58 bits per heavy atom. The van der Waals surface area contributed by atoms with Crippen LogP contribution in [0.25, 0.3) is 28.0 Å². The second kappa shape index (κ2) is 12.6. The molecule has 0 aliphatic carbocycles. The van der Waals surface area contributed by atoms with E-state index in [-0.39, 0.29) is 5.91 Å². The smallest absolute Gasteiger partial charge is 0.250 e. The summed E-state index contributed by atoms with van der Waals surface area (Å²) in [6, 6.07) is 11.3. The van der Waals surface area contributed by atoms with Crippen LogP contribution < -0.4 is 20.1 Å². The highest BCUT2D eigenvalue weighted by Gasteiger charge is 2.21. The Morgan fingerprint density at radius 2 is 1.85 bits per heavy atom. The monoisotopic (exact) mass is 545 g/mol. The SMILES string of the molecule is COCCOc1ccc(-n2nc(-c3ccc(C)c(OC)c3)c3c(N)ncnc32)cc1N(C)C(=O)/C=C/CN(C)C. The van der Waals surface area contributed by atoms with E-state index in [1.807, 2.05) is 62.3 Å². The van der Waals surface area contributed by atoms with Gasteiger partial charge in [-0.05, 0) is 50.8 Å². The standard InChI is InChI=1S/C29H35N7O4/c1-19-9-10-20(16-24(19)39-6)27-26-28(30)31-18-32-29(26)36(33-27)21-11-12-23(40-15-14-38-5)22(17-21)35(4)25(37)8-7-13-34(2)3/h7-12,16-18H,13-15H2,1-6H3,(H2,30,31,32)/b8-7+. The fourth-order valence-electron chi connectivity index (χ4n) is 4.18. The molecule has 4 rings (SSSR count). The number of aromatic nitrogens is 4. The first-order valence-electron chi connectivity index (χ1n) is 12.7. The number of rotatable bonds is 11. The van der Waals surface area contributed by atoms with Crippen LogP contribution in [-0.2, 0) is 9.53 Å². The Morgan fingerprint density at radius 1 is 1.05 bits per heavy atom. The molecule has 0 aliphatic heterocycles. The van der Waals surface area contributed by atoms with Crippen LogP contribution in [0.4, 0.5) is 11.5 Å². The van der Waals surface area contributed by atoms with Crippen LogP contribution in [0.5, 0.6) is 11.5 Å². The van der Waals surface area contributed by atoms with E-state index in [4.69, 9.17) is 25.0 Å². The predicted molar refractivity (Wildman–Crippen MR) is 156 cm³/mol. The lowest BCUT2D eigenvalue weighted by Crippen LogP contribution is -2.25. The second-order valence-corrected chi connectivity index (χ2v) is 9.46. The topological polar surface area (TPSA) is 121 Å². The second-order valence-electron chi connectivity index (χ2n) is 9.46. The number of ether oxygens (including phenoxy) is 3. The minimum Gasteiger partial charge on any atom is -0.496 e. The lowest BCUT2D eigenvalue weighted by Gasteiger charge is -2.21. The number of hydrogen-bond acceptors (Lipinski definition) is 9. The summed E-state index contributed by atoms with van der Waals surface area (Å²) in [6.07, 6.45) is 4.77. The minimum atomic E-state index is -0.195. The summed E-state index contributed by atoms with van der Waals surface area (Å²) < 4.78 is 18.3. The Kier molecular flexibility index (Phi) is 8.97. The van der Waals surface area contributed by atoms with Crippen LogP contribution in [0.1, 0.15) is 5.56 Å². The molecular formula is C29H35N7O4. The molecule has 4 aromatic rings. The van der Waals surface area contributed by atoms with Gasteiger partial charge in [-0.2, -0.15) is 5.10 Å². The summed E-state index contributed by atoms with van der Waals surface area (Å²) in [5.74, 6) is 1.38. The van der Waals surface area contributed by atoms with Crippen molar-refractivity contribution in [2.24, 2.45) is 0 Å². The van der Waals surface area contributed by atoms with E-state index in [0.29, 0.717) is 59.4 Å². The van der Waals surface area contributed by atoms with Gasteiger partial charge < -0.3 is 29.7 Å². The van der Waals surface area contributed by atoms with Crippen molar-refractivity contribution >= 4 is 28.4 Å². The Balaban J connectivity index is 1.84. The number of anilines is 2. The number of amides is 1. The zero-order valence-electron chi connectivity index (χ0n) is 23.7. The van der Waals surface area contributed by atoms with Gasteiger partial charge >= 0.3 is 0 Å². The quantitative estimate of drug-likeness (QED) is 0.223. The lowest BCUT2D eigenvalue weighted by atomic mass is 10.1. The van der Waals surface area contributed by atoms with Crippen molar-refractivity contribution < 1.29 is 19.0 Å². The third kappa shape index (κ3) is 6.05. The first-order valence-corrected chi connectivity index (χ1v) is 12.7. The van der Waals surface area contributed by atoms with Crippen LogP contribution >= 0.6 is 0 Å². The van der Waals surface area contributed by atoms with Crippen molar-refractivity contribution in [1.82, 2.24) is 24.6 Å². The molecule has 0 saturated heterocycles. The highest BCUT2D eigenvalue weighted by molar-refractivity contribution is 6.02. The summed E-state index contributed by atoms with van der Waals surface area (Å²) in [5.41, 5.74) is 10.5. The predicted octanol–water partition coefficient (Wildman–Crippen LogP) is 3.49. The molecule has 0 spiro atoms. The van der Waals surface area contributed by atoms with Gasteiger partial charge in [-0.1, -0.05) is 18.2 Å². The summed E-state index contributed by atoms with van der Waals surface area (Å²) in [4.78, 5) is 25.3. The summed E-state index contributed by atoms with van der Waals surface area (Å²) in [5, 5.41) is 5.53. The van der Waals surface area contributed by atoms with Gasteiger partial charge in [-0.3, -0.25) is 4.79 Å². The van der Waals surface area contributed by atoms with Crippen LogP contribution in [0.2, 0.25) is 0 Å². The number of methoxy groups -OCH3 is 2. The highest BCUT2D eigenvalue weighted by Crippen LogP contribution is 2.36. The van der Waals surface area contributed by atoms with Crippen molar-refractivity contribution in [3.8, 4) is 28.4 Å². The molecule has 2 N–H and O–H groups in total. The van der Waals surface area contributed by atoms with Crippen molar-refractivity contribution in [2.75, 3.05) is 65.8 Å². The van der Waals surface area contributed by atoms with Crippen molar-refractivity contribution in [3.05, 3.63) is 60.4 Å². The number of carbonyl (C=O) groups is 1. The van der Waals surface area contributed by atoms with Gasteiger partial charge in [0.2, 0.25) is 0 Å². The van der Waals surface area contributed by atoms with Crippen LogP contribution in [0.15, 0.2) is 54.9 Å². The normalized spacial score (nSPS) is 11.5. The molecule has 0 fully saturated rings. The fraction of sp³-hybridized carbons (Fsp3) is 0.310. The molecule has 0 aliphatic rings. The molecule has 11 heteroatoms. The largest absolute Gasteiger partial charge is 0.496 e. The van der Waals surface area contributed by atoms with Gasteiger partial charge in [0.05, 0.1) is 30.5 Å². The summed E-state index contributed by atoms with van der Waals surface area (Å²) in [6.45, 7) is 3.35. The highest BCUT2D eigenvalue weighted by atomic mass is 16.5. The molecule has 0 radical (unpaired) electrons. The molecular weight excluding hydrogens is 510 g/mol. The van der Waals surface area contributed by atoms with Gasteiger partial charge in [-0.15, -0.1) is 0 Å². The van der Waals surface area contributed by atoms with E-state index in [0.717, 1.165) is 16.9 Å². The number of likely N-dealkylation sites (N-methyl/N-ethyl adjacent to an activating group) is 2. The maximum atomic E-state index is 13.1. The maximum Gasteiger partial charge on any atom is 0.250 e. The Bertz CT molecular complexity index is 1530. The summed E-state index contributed by atoms with van der Waals surface area (Å²) >= 11 is 0. The number of carbonyl (C=O) groups excluding carboxylic acids is 1. The van der Waals surface area contributed by atoms with Crippen LogP contribution in [-0.4, -0.2) is 85.7 Å². The van der Waals surface area contributed by atoms with E-state index in [9.17, 15) is 4.79 Å². The molecule has 2 heterocycles. The molecule has 210 valence electrons. The third-order valence-corrected chi connectivity index (χ3v) is 6.33. The molecule has 1 amide bonds. The Labute approximate surface area is 233 Å². The number of hydrogen-bond donors (Lipinski definition) is 1. The van der Waals surface area contributed by atoms with Crippen LogP contribution in [0.3, 0.4) is 0 Å². The average molecular weight is 546 g/mol. The van der Waals surface area contributed by atoms with E-state index in [2.05, 4.69) is 9.97 Å². The van der Waals surface area contributed by atoms with E-state index in [1.165, 1.54) is 6.33 Å². The minimum absolute atomic E-state index is 0.195. The first kappa shape index (κ1) is 28.5. The van der Waals surface area contributed by atoms with Crippen molar-refractivity contribution in [1.29, 1.82) is 0 Å². The molecule has 0 atom stereocenters. The molecule has 11 nitrogen and oxygen atoms in total. The molecule has 40 heavy (non-hydrogen) atoms. The lowest BCUT2D eigenvalue weighted by molar-refractivity contribution is -0.113. The molecule has 0 bridgehead atoms. The van der Waals surface area contributed by atoms with Gasteiger partial charge in [0.1, 0.15) is 35.9 Å². The number of nitrogens with two attached hydrogens (primary N) is 1. The average Bonchev–Trinajstić information content (AvgIpc) is 3.34.